The van der Waals surface area contributed by atoms with Gasteiger partial charge in [0.25, 0.3) is 0 Å². The molecule has 3 nitrogen and oxygen atoms in total. The van der Waals surface area contributed by atoms with Crippen molar-refractivity contribution in [3.63, 3.8) is 0 Å². The van der Waals surface area contributed by atoms with Crippen LogP contribution in [0.2, 0.25) is 0 Å². The molecule has 2 N–H and O–H groups in total. The Morgan fingerprint density at radius 1 is 1.62 bits per heavy atom. The highest BCUT2D eigenvalue weighted by Gasteiger charge is 2.00. The fourth-order valence-corrected chi connectivity index (χ4v) is 0.846. The molecule has 0 fully saturated rings. The minimum Gasteiger partial charge on any atom is -0.350 e. The molecule has 0 aromatic rings. The Morgan fingerprint density at radius 2 is 2.12 bits per heavy atom. The van der Waals surface area contributed by atoms with Crippen LogP contribution in [-0.4, -0.2) is 20.9 Å². The molecule has 46 valence electrons. The normalized spacial score (nSPS) is 10.2. The Bertz CT molecular complexity index is 113. The van der Waals surface area contributed by atoms with Crippen molar-refractivity contribution in [3.8, 4) is 0 Å². The van der Waals surface area contributed by atoms with Crippen molar-refractivity contribution in [3.05, 3.63) is 0 Å². The van der Waals surface area contributed by atoms with E-state index in [4.69, 9.17) is 5.40 Å². The van der Waals surface area contributed by atoms with Crippen LogP contribution in [0.4, 0.5) is 0 Å². The Kier molecular flexibility index (Phi) is 3.30. The monoisotopic (exact) mass is 131 g/mol. The van der Waals surface area contributed by atoms with Gasteiger partial charge in [-0.15, -0.1) is 0 Å². The van der Waals surface area contributed by atoms with E-state index in [2.05, 4.69) is 0 Å². The van der Waals surface area contributed by atoms with Crippen molar-refractivity contribution < 1.29 is 9.59 Å². The van der Waals surface area contributed by atoms with Crippen molar-refractivity contribution in [2.75, 3.05) is 0 Å². The van der Waals surface area contributed by atoms with Crippen LogP contribution >= 0.6 is 0 Å². The number of Topliss-reactive ketones (excluding diaryl/α,β-unsaturated/α-hetero) is 1. The molecule has 0 spiro atoms. The zero-order valence-corrected chi connectivity index (χ0v) is 6.22. The zero-order chi connectivity index (χ0) is 6.57. The van der Waals surface area contributed by atoms with Gasteiger partial charge in [0.1, 0.15) is 11.2 Å². The van der Waals surface area contributed by atoms with Gasteiger partial charge in [-0.3, -0.25) is 4.79 Å². The largest absolute Gasteiger partial charge is 0.350 e. The van der Waals surface area contributed by atoms with Crippen LogP contribution in [0.5, 0.6) is 0 Å². The van der Waals surface area contributed by atoms with Crippen LogP contribution in [0.15, 0.2) is 0 Å². The van der Waals surface area contributed by atoms with E-state index in [-0.39, 0.29) is 17.6 Å². The number of nitrogens with two attached hydrogens (primary N) is 1. The van der Waals surface area contributed by atoms with Gasteiger partial charge >= 0.3 is 0 Å². The summed E-state index contributed by atoms with van der Waals surface area (Å²) in [5, 5.41) is 5.00. The number of carbonyl (C=O) groups excluding carboxylic acids is 2. The molecule has 0 heterocycles. The molecule has 0 unspecified atom stereocenters. The second-order valence-corrected chi connectivity index (χ2v) is 2.82. The number of rotatable bonds is 3. The van der Waals surface area contributed by atoms with Crippen molar-refractivity contribution in [2.24, 2.45) is 5.40 Å². The van der Waals surface area contributed by atoms with Gasteiger partial charge in [-0.05, 0) is 6.92 Å². The highest BCUT2D eigenvalue weighted by atomic mass is 28.2. The zero-order valence-electron chi connectivity index (χ0n) is 4.81. The number of hydrogen-bond donors (Lipinski definition) is 1. The second kappa shape index (κ2) is 3.51. The Morgan fingerprint density at radius 3 is 2.25 bits per heavy atom. The predicted octanol–water partition coefficient (Wildman–Crippen LogP) is -1.47. The van der Waals surface area contributed by atoms with Gasteiger partial charge in [0.2, 0.25) is 0 Å². The summed E-state index contributed by atoms with van der Waals surface area (Å²) < 4.78 is 0. The van der Waals surface area contributed by atoms with E-state index in [0.717, 1.165) is 0 Å². The lowest BCUT2D eigenvalue weighted by molar-refractivity contribution is -0.122. The molecule has 0 saturated carbocycles. The first-order valence-corrected chi connectivity index (χ1v) is 3.90. The molecular formula is C4H9NO2Si. The quantitative estimate of drug-likeness (QED) is 0.376. The Labute approximate surface area is 50.2 Å². The average Bonchev–Trinajstić information content (AvgIpc) is 1.65. The van der Waals surface area contributed by atoms with Crippen molar-refractivity contribution in [1.82, 2.24) is 0 Å². The molecule has 0 aliphatic carbocycles. The minimum atomic E-state index is -1.06. The summed E-state index contributed by atoms with van der Waals surface area (Å²) in [5.41, 5.74) is 0. The van der Waals surface area contributed by atoms with Crippen LogP contribution in [-0.2, 0) is 9.59 Å². The van der Waals surface area contributed by atoms with Crippen LogP contribution in [0.25, 0.3) is 0 Å². The first-order chi connectivity index (χ1) is 3.66. The fourth-order valence-electron chi connectivity index (χ4n) is 0.350. The van der Waals surface area contributed by atoms with Crippen molar-refractivity contribution in [2.45, 2.75) is 13.3 Å². The molecule has 0 aliphatic rings. The van der Waals surface area contributed by atoms with E-state index in [9.17, 15) is 9.59 Å². The van der Waals surface area contributed by atoms with Crippen molar-refractivity contribution >= 4 is 20.9 Å². The fraction of sp³-hybridized carbons (Fsp3) is 0.500. The molecule has 0 aromatic heterocycles. The van der Waals surface area contributed by atoms with E-state index >= 15 is 0 Å². The molecule has 0 radical (unpaired) electrons. The summed E-state index contributed by atoms with van der Waals surface area (Å²) in [6, 6.07) is 0. The van der Waals surface area contributed by atoms with Crippen molar-refractivity contribution in [1.29, 1.82) is 0 Å². The summed E-state index contributed by atoms with van der Waals surface area (Å²) in [4.78, 5) is 20.5. The van der Waals surface area contributed by atoms with Crippen LogP contribution in [0, 0.1) is 0 Å². The molecule has 0 amide bonds. The molecule has 0 atom stereocenters. The number of carbonyl (C=O) groups is 2. The molecule has 0 aliphatic heterocycles. The third-order valence-corrected chi connectivity index (χ3v) is 1.38. The summed E-state index contributed by atoms with van der Waals surface area (Å²) in [6.45, 7) is 1.39. The summed E-state index contributed by atoms with van der Waals surface area (Å²) in [6.07, 6.45) is 0.0444. The van der Waals surface area contributed by atoms with Gasteiger partial charge in [-0.1, -0.05) is 0 Å². The standard InChI is InChI=1S/C4H9NO2Si/c1-3(6)2-4(7)8-5/h2,5,8H2,1H3. The minimum absolute atomic E-state index is 0.0444. The lowest BCUT2D eigenvalue weighted by Crippen LogP contribution is -2.20. The maximum Gasteiger partial charge on any atom is 0.168 e. The first kappa shape index (κ1) is 7.52. The van der Waals surface area contributed by atoms with Crippen LogP contribution in [0.3, 0.4) is 0 Å². The molecule has 0 bridgehead atoms. The van der Waals surface area contributed by atoms with Gasteiger partial charge in [0.05, 0.1) is 6.42 Å². The number of hydrogen-bond acceptors (Lipinski definition) is 3. The van der Waals surface area contributed by atoms with Gasteiger partial charge in [-0.25, -0.2) is 0 Å². The van der Waals surface area contributed by atoms with E-state index in [1.165, 1.54) is 6.92 Å². The summed E-state index contributed by atoms with van der Waals surface area (Å²) in [5.74, 6) is -0.0899. The summed E-state index contributed by atoms with van der Waals surface area (Å²) in [7, 11) is -1.06. The van der Waals surface area contributed by atoms with Gasteiger partial charge in [0.15, 0.2) is 9.68 Å². The van der Waals surface area contributed by atoms with E-state index in [0.29, 0.717) is 0 Å². The van der Waals surface area contributed by atoms with Gasteiger partial charge in [0, 0.05) is 0 Å². The Hall–Kier alpha value is -0.483. The Balaban J connectivity index is 3.40. The van der Waals surface area contributed by atoms with Crippen LogP contribution in [0.1, 0.15) is 13.3 Å². The van der Waals surface area contributed by atoms with Gasteiger partial charge < -0.3 is 10.2 Å². The molecule has 0 aromatic carbocycles. The molecule has 0 rings (SSSR count). The third-order valence-electron chi connectivity index (χ3n) is 0.674. The maximum atomic E-state index is 10.3. The molecule has 0 saturated heterocycles. The predicted molar refractivity (Wildman–Crippen MR) is 33.0 cm³/mol. The molecule has 4 heteroatoms. The lowest BCUT2D eigenvalue weighted by atomic mass is 10.3. The topological polar surface area (TPSA) is 60.2 Å². The van der Waals surface area contributed by atoms with E-state index in [1.54, 1.807) is 0 Å². The second-order valence-electron chi connectivity index (χ2n) is 1.62. The van der Waals surface area contributed by atoms with E-state index in [1.807, 2.05) is 0 Å². The molecular weight excluding hydrogens is 122 g/mol. The smallest absolute Gasteiger partial charge is 0.168 e. The highest BCUT2D eigenvalue weighted by Crippen LogP contribution is 1.79. The van der Waals surface area contributed by atoms with Crippen LogP contribution < -0.4 is 5.40 Å². The number of ketones is 1. The van der Waals surface area contributed by atoms with Gasteiger partial charge in [-0.2, -0.15) is 0 Å². The SMILES string of the molecule is CC(=O)CC(=O)[SiH2]N. The first-order valence-electron chi connectivity index (χ1n) is 2.38. The maximum absolute atomic E-state index is 10.3. The lowest BCUT2D eigenvalue weighted by Gasteiger charge is -1.87. The third kappa shape index (κ3) is 3.70. The average molecular weight is 131 g/mol. The summed E-state index contributed by atoms with van der Waals surface area (Å²) >= 11 is 0. The highest BCUT2D eigenvalue weighted by molar-refractivity contribution is 6.72. The molecule has 8 heavy (non-hydrogen) atoms. The van der Waals surface area contributed by atoms with E-state index < -0.39 is 9.68 Å².